The van der Waals surface area contributed by atoms with Gasteiger partial charge in [-0.3, -0.25) is 4.79 Å². The molecule has 0 spiro atoms. The maximum absolute atomic E-state index is 11.9. The number of thioether (sulfide) groups is 1. The molecule has 1 aliphatic rings. The molecular formula is C16H23NO2S. The van der Waals surface area contributed by atoms with Gasteiger partial charge in [0.15, 0.2) is 0 Å². The lowest BCUT2D eigenvalue weighted by Crippen LogP contribution is -2.45. The first-order valence-corrected chi connectivity index (χ1v) is 8.30. The van der Waals surface area contributed by atoms with Crippen LogP contribution in [0.25, 0.3) is 0 Å². The van der Waals surface area contributed by atoms with Crippen LogP contribution in [-0.2, 0) is 4.79 Å². The van der Waals surface area contributed by atoms with Crippen LogP contribution in [0.1, 0.15) is 37.7 Å². The monoisotopic (exact) mass is 293 g/mol. The molecular weight excluding hydrogens is 270 g/mol. The van der Waals surface area contributed by atoms with E-state index in [9.17, 15) is 9.90 Å². The van der Waals surface area contributed by atoms with Crippen molar-refractivity contribution in [3.8, 4) is 0 Å². The largest absolute Gasteiger partial charge is 0.391 e. The van der Waals surface area contributed by atoms with Gasteiger partial charge in [0.25, 0.3) is 0 Å². The summed E-state index contributed by atoms with van der Waals surface area (Å²) in [4.78, 5) is 13.1. The molecule has 1 aromatic carbocycles. The molecule has 20 heavy (non-hydrogen) atoms. The lowest BCUT2D eigenvalue weighted by molar-refractivity contribution is -0.122. The van der Waals surface area contributed by atoms with Crippen molar-refractivity contribution in [1.29, 1.82) is 0 Å². The molecule has 1 saturated carbocycles. The lowest BCUT2D eigenvalue weighted by atomic mass is 9.92. The van der Waals surface area contributed by atoms with Gasteiger partial charge in [0.1, 0.15) is 0 Å². The zero-order valence-corrected chi connectivity index (χ0v) is 12.8. The van der Waals surface area contributed by atoms with Crippen molar-refractivity contribution >= 4 is 17.7 Å². The number of nitrogens with one attached hydrogen (secondary N) is 1. The molecule has 3 nitrogen and oxygen atoms in total. The SMILES string of the molecule is Cc1ccc(SCCC(=O)N[C@H]2CCCC[C@@H]2O)cc1. The van der Waals surface area contributed by atoms with Crippen molar-refractivity contribution in [3.05, 3.63) is 29.8 Å². The Morgan fingerprint density at radius 3 is 2.70 bits per heavy atom. The maximum Gasteiger partial charge on any atom is 0.221 e. The van der Waals surface area contributed by atoms with Gasteiger partial charge in [0.05, 0.1) is 12.1 Å². The summed E-state index contributed by atoms with van der Waals surface area (Å²) < 4.78 is 0. The van der Waals surface area contributed by atoms with Crippen LogP contribution in [0.4, 0.5) is 0 Å². The molecule has 1 aliphatic carbocycles. The Morgan fingerprint density at radius 1 is 1.30 bits per heavy atom. The molecule has 1 aromatic rings. The van der Waals surface area contributed by atoms with Crippen LogP contribution >= 0.6 is 11.8 Å². The Hall–Kier alpha value is -1.00. The van der Waals surface area contributed by atoms with Crippen molar-refractivity contribution in [2.45, 2.75) is 56.1 Å². The standard InChI is InChI=1S/C16H23NO2S/c1-12-6-8-13(9-7-12)20-11-10-16(19)17-14-4-2-3-5-15(14)18/h6-9,14-15,18H,2-5,10-11H2,1H3,(H,17,19)/t14-,15-/m0/s1. The maximum atomic E-state index is 11.9. The van der Waals surface area contributed by atoms with Gasteiger partial charge in [-0.25, -0.2) is 0 Å². The Balaban J connectivity index is 1.68. The first-order valence-electron chi connectivity index (χ1n) is 7.32. The van der Waals surface area contributed by atoms with Crippen LogP contribution in [-0.4, -0.2) is 28.9 Å². The van der Waals surface area contributed by atoms with E-state index in [1.165, 1.54) is 10.5 Å². The summed E-state index contributed by atoms with van der Waals surface area (Å²) in [7, 11) is 0. The van der Waals surface area contributed by atoms with Gasteiger partial charge in [-0.2, -0.15) is 0 Å². The summed E-state index contributed by atoms with van der Waals surface area (Å²) in [5.41, 5.74) is 1.25. The lowest BCUT2D eigenvalue weighted by Gasteiger charge is -2.28. The molecule has 110 valence electrons. The van der Waals surface area contributed by atoms with E-state index >= 15 is 0 Å². The quantitative estimate of drug-likeness (QED) is 0.821. The summed E-state index contributed by atoms with van der Waals surface area (Å²) in [5.74, 6) is 0.827. The number of hydrogen-bond acceptors (Lipinski definition) is 3. The third-order valence-corrected chi connectivity index (χ3v) is 4.71. The Morgan fingerprint density at radius 2 is 2.00 bits per heavy atom. The topological polar surface area (TPSA) is 49.3 Å². The van der Waals surface area contributed by atoms with Crippen molar-refractivity contribution in [3.63, 3.8) is 0 Å². The minimum Gasteiger partial charge on any atom is -0.391 e. The summed E-state index contributed by atoms with van der Waals surface area (Å²) in [6.45, 7) is 2.07. The molecule has 2 N–H and O–H groups in total. The van der Waals surface area contributed by atoms with Crippen LogP contribution < -0.4 is 5.32 Å². The minimum absolute atomic E-state index is 0.0411. The van der Waals surface area contributed by atoms with E-state index in [0.29, 0.717) is 6.42 Å². The third kappa shape index (κ3) is 4.84. The number of hydrogen-bond donors (Lipinski definition) is 2. The molecule has 1 fully saturated rings. The normalized spacial score (nSPS) is 22.5. The van der Waals surface area contributed by atoms with E-state index in [4.69, 9.17) is 0 Å². The van der Waals surface area contributed by atoms with Gasteiger partial charge in [0.2, 0.25) is 5.91 Å². The van der Waals surface area contributed by atoms with E-state index in [2.05, 4.69) is 36.5 Å². The molecule has 0 bridgehead atoms. The van der Waals surface area contributed by atoms with Gasteiger partial charge < -0.3 is 10.4 Å². The first-order chi connectivity index (χ1) is 9.65. The van der Waals surface area contributed by atoms with Crippen LogP contribution in [0.3, 0.4) is 0 Å². The third-order valence-electron chi connectivity index (χ3n) is 3.69. The highest BCUT2D eigenvalue weighted by atomic mass is 32.2. The second kappa shape index (κ2) is 7.70. The summed E-state index contributed by atoms with van der Waals surface area (Å²) in [6, 6.07) is 8.30. The van der Waals surface area contributed by atoms with E-state index < -0.39 is 0 Å². The fourth-order valence-electron chi connectivity index (χ4n) is 2.45. The van der Waals surface area contributed by atoms with E-state index in [1.54, 1.807) is 11.8 Å². The predicted molar refractivity (Wildman–Crippen MR) is 82.9 cm³/mol. The van der Waals surface area contributed by atoms with Crippen molar-refractivity contribution in [2.24, 2.45) is 0 Å². The molecule has 0 radical (unpaired) electrons. The molecule has 0 aliphatic heterocycles. The van der Waals surface area contributed by atoms with Gasteiger partial charge in [-0.05, 0) is 31.9 Å². The molecule has 2 atom stereocenters. The Labute approximate surface area is 125 Å². The molecule has 0 aromatic heterocycles. The number of aliphatic hydroxyl groups excluding tert-OH is 1. The van der Waals surface area contributed by atoms with Crippen LogP contribution in [0, 0.1) is 6.92 Å². The van der Waals surface area contributed by atoms with E-state index in [0.717, 1.165) is 31.4 Å². The highest BCUT2D eigenvalue weighted by Crippen LogP contribution is 2.20. The van der Waals surface area contributed by atoms with Crippen LogP contribution in [0.5, 0.6) is 0 Å². The number of aliphatic hydroxyl groups is 1. The zero-order chi connectivity index (χ0) is 14.4. The second-order valence-corrected chi connectivity index (χ2v) is 6.61. The molecule has 0 heterocycles. The second-order valence-electron chi connectivity index (χ2n) is 5.44. The average Bonchev–Trinajstić information content (AvgIpc) is 2.44. The van der Waals surface area contributed by atoms with Gasteiger partial charge in [-0.15, -0.1) is 11.8 Å². The highest BCUT2D eigenvalue weighted by Gasteiger charge is 2.24. The fraction of sp³-hybridized carbons (Fsp3) is 0.562. The molecule has 0 unspecified atom stereocenters. The Kier molecular flexibility index (Phi) is 5.92. The van der Waals surface area contributed by atoms with Crippen LogP contribution in [0.2, 0.25) is 0 Å². The number of benzene rings is 1. The molecule has 1 amide bonds. The van der Waals surface area contributed by atoms with Gasteiger partial charge in [0, 0.05) is 17.1 Å². The Bertz CT molecular complexity index is 433. The smallest absolute Gasteiger partial charge is 0.221 e. The minimum atomic E-state index is -0.363. The van der Waals surface area contributed by atoms with Gasteiger partial charge in [-0.1, -0.05) is 30.5 Å². The molecule has 4 heteroatoms. The van der Waals surface area contributed by atoms with E-state index in [-0.39, 0.29) is 18.1 Å². The van der Waals surface area contributed by atoms with Crippen molar-refractivity contribution in [2.75, 3.05) is 5.75 Å². The number of carbonyl (C=O) groups is 1. The van der Waals surface area contributed by atoms with Crippen LogP contribution in [0.15, 0.2) is 29.2 Å². The number of carbonyl (C=O) groups excluding carboxylic acids is 1. The zero-order valence-electron chi connectivity index (χ0n) is 12.0. The van der Waals surface area contributed by atoms with Crippen molar-refractivity contribution < 1.29 is 9.90 Å². The fourth-order valence-corrected chi connectivity index (χ4v) is 3.31. The first kappa shape index (κ1) is 15.4. The summed E-state index contributed by atoms with van der Waals surface area (Å²) in [6.07, 6.45) is 4.01. The number of amides is 1. The number of rotatable bonds is 5. The molecule has 2 rings (SSSR count). The van der Waals surface area contributed by atoms with Gasteiger partial charge >= 0.3 is 0 Å². The molecule has 0 saturated heterocycles. The predicted octanol–water partition coefficient (Wildman–Crippen LogP) is 2.90. The van der Waals surface area contributed by atoms with E-state index in [1.807, 2.05) is 0 Å². The summed E-state index contributed by atoms with van der Waals surface area (Å²) >= 11 is 1.70. The number of aryl methyl sites for hydroxylation is 1. The highest BCUT2D eigenvalue weighted by molar-refractivity contribution is 7.99. The summed E-state index contributed by atoms with van der Waals surface area (Å²) in [5, 5.41) is 12.8. The van der Waals surface area contributed by atoms with Crippen molar-refractivity contribution in [1.82, 2.24) is 5.32 Å². The average molecular weight is 293 g/mol.